The molecule has 19 heavy (non-hydrogen) atoms. The Kier molecular flexibility index (Phi) is 4.14. The Morgan fingerprint density at radius 1 is 1.05 bits per heavy atom. The van der Waals surface area contributed by atoms with E-state index in [4.69, 9.17) is 29.0 Å². The number of hydrogen-bond donors (Lipinski definition) is 3. The molecule has 0 atom stereocenters. The third-order valence-electron chi connectivity index (χ3n) is 2.71. The van der Waals surface area contributed by atoms with Crippen molar-refractivity contribution in [3.8, 4) is 0 Å². The molecule has 0 aliphatic rings. The smallest absolute Gasteiger partial charge is 0.161 e. The van der Waals surface area contributed by atoms with Crippen molar-refractivity contribution in [1.82, 2.24) is 4.98 Å². The molecule has 0 aliphatic carbocycles. The van der Waals surface area contributed by atoms with Crippen molar-refractivity contribution in [2.75, 3.05) is 10.7 Å². The molecule has 0 amide bonds. The molecular weight excluding hydrogens is 283 g/mol. The standard InChI is InChI=1S/C13H14Cl2N4/c1-7-3-4-8(2)11(5-7)17-12-9(14)6-10(15)13(18-12)19-16/h3-6H,16H2,1-2H3,(H2,17,18,19). The topological polar surface area (TPSA) is 63.0 Å². The van der Waals surface area contributed by atoms with Crippen molar-refractivity contribution >= 4 is 40.5 Å². The Labute approximate surface area is 121 Å². The molecule has 0 spiro atoms. The molecule has 1 heterocycles. The maximum absolute atomic E-state index is 6.12. The third kappa shape index (κ3) is 3.10. The van der Waals surface area contributed by atoms with Gasteiger partial charge in [-0.3, -0.25) is 0 Å². The van der Waals surface area contributed by atoms with Crippen LogP contribution in [0.2, 0.25) is 10.0 Å². The number of nitrogen functional groups attached to an aromatic ring is 1. The van der Waals surface area contributed by atoms with E-state index in [2.05, 4.69) is 15.7 Å². The van der Waals surface area contributed by atoms with E-state index in [0.29, 0.717) is 21.7 Å². The highest BCUT2D eigenvalue weighted by Gasteiger charge is 2.10. The molecule has 1 aromatic carbocycles. The number of nitrogens with two attached hydrogens (primary N) is 1. The number of aromatic nitrogens is 1. The molecule has 100 valence electrons. The molecule has 4 nitrogen and oxygen atoms in total. The Balaban J connectivity index is 2.40. The van der Waals surface area contributed by atoms with Crippen LogP contribution >= 0.6 is 23.2 Å². The summed E-state index contributed by atoms with van der Waals surface area (Å²) in [7, 11) is 0. The number of benzene rings is 1. The zero-order chi connectivity index (χ0) is 14.0. The fourth-order valence-electron chi connectivity index (χ4n) is 1.65. The normalized spacial score (nSPS) is 10.4. The molecule has 2 rings (SSSR count). The summed E-state index contributed by atoms with van der Waals surface area (Å²) in [6.45, 7) is 4.03. The molecule has 0 fully saturated rings. The lowest BCUT2D eigenvalue weighted by Crippen LogP contribution is -2.10. The molecule has 0 saturated carbocycles. The highest BCUT2D eigenvalue weighted by atomic mass is 35.5. The highest BCUT2D eigenvalue weighted by Crippen LogP contribution is 2.31. The fraction of sp³-hybridized carbons (Fsp3) is 0.154. The molecule has 6 heteroatoms. The van der Waals surface area contributed by atoms with E-state index in [1.54, 1.807) is 6.07 Å². The van der Waals surface area contributed by atoms with Gasteiger partial charge in [-0.1, -0.05) is 35.3 Å². The van der Waals surface area contributed by atoms with Crippen LogP contribution in [-0.2, 0) is 0 Å². The molecule has 0 radical (unpaired) electrons. The monoisotopic (exact) mass is 296 g/mol. The highest BCUT2D eigenvalue weighted by molar-refractivity contribution is 6.37. The number of rotatable bonds is 3. The van der Waals surface area contributed by atoms with Crippen molar-refractivity contribution in [2.24, 2.45) is 5.84 Å². The second kappa shape index (κ2) is 5.65. The summed E-state index contributed by atoms with van der Waals surface area (Å²) in [5, 5.41) is 4.00. The van der Waals surface area contributed by atoms with E-state index in [1.807, 2.05) is 32.0 Å². The Hall–Kier alpha value is -1.49. The first kappa shape index (κ1) is 13.9. The van der Waals surface area contributed by atoms with Crippen LogP contribution in [-0.4, -0.2) is 4.98 Å². The van der Waals surface area contributed by atoms with Gasteiger partial charge in [-0.25, -0.2) is 10.8 Å². The number of aryl methyl sites for hydroxylation is 2. The predicted octanol–water partition coefficient (Wildman–Crippen LogP) is 4.03. The van der Waals surface area contributed by atoms with E-state index < -0.39 is 0 Å². The minimum atomic E-state index is 0.374. The van der Waals surface area contributed by atoms with Gasteiger partial charge in [0, 0.05) is 5.69 Å². The number of pyridine rings is 1. The Morgan fingerprint density at radius 2 is 1.74 bits per heavy atom. The quantitative estimate of drug-likeness (QED) is 0.591. The van der Waals surface area contributed by atoms with Crippen molar-refractivity contribution in [3.63, 3.8) is 0 Å². The number of hydrogen-bond acceptors (Lipinski definition) is 4. The van der Waals surface area contributed by atoms with Gasteiger partial charge in [0.1, 0.15) is 0 Å². The first-order chi connectivity index (χ1) is 9.01. The molecule has 1 aromatic heterocycles. The first-order valence-electron chi connectivity index (χ1n) is 5.68. The van der Waals surface area contributed by atoms with E-state index in [1.165, 1.54) is 0 Å². The summed E-state index contributed by atoms with van der Waals surface area (Å²) in [5.74, 6) is 6.23. The summed E-state index contributed by atoms with van der Waals surface area (Å²) < 4.78 is 0. The summed E-state index contributed by atoms with van der Waals surface area (Å²) in [4.78, 5) is 4.25. The van der Waals surface area contributed by atoms with Crippen molar-refractivity contribution in [1.29, 1.82) is 0 Å². The van der Waals surface area contributed by atoms with Gasteiger partial charge in [-0.05, 0) is 37.1 Å². The van der Waals surface area contributed by atoms with E-state index in [0.717, 1.165) is 16.8 Å². The minimum absolute atomic E-state index is 0.374. The number of halogens is 2. The van der Waals surface area contributed by atoms with Crippen LogP contribution in [0.3, 0.4) is 0 Å². The third-order valence-corrected chi connectivity index (χ3v) is 3.29. The molecule has 0 aliphatic heterocycles. The molecule has 0 bridgehead atoms. The average molecular weight is 297 g/mol. The van der Waals surface area contributed by atoms with Crippen LogP contribution in [0, 0.1) is 13.8 Å². The second-order valence-corrected chi connectivity index (χ2v) is 5.05. The van der Waals surface area contributed by atoms with Gasteiger partial charge in [0.2, 0.25) is 0 Å². The van der Waals surface area contributed by atoms with Crippen LogP contribution in [0.1, 0.15) is 11.1 Å². The Morgan fingerprint density at radius 3 is 2.42 bits per heavy atom. The van der Waals surface area contributed by atoms with Gasteiger partial charge in [0.15, 0.2) is 11.6 Å². The first-order valence-corrected chi connectivity index (χ1v) is 6.44. The largest absolute Gasteiger partial charge is 0.339 e. The lowest BCUT2D eigenvalue weighted by atomic mass is 10.1. The second-order valence-electron chi connectivity index (χ2n) is 4.24. The summed E-state index contributed by atoms with van der Waals surface area (Å²) in [6.07, 6.45) is 0. The summed E-state index contributed by atoms with van der Waals surface area (Å²) in [5.41, 5.74) is 5.62. The van der Waals surface area contributed by atoms with Gasteiger partial charge < -0.3 is 10.7 Å². The molecule has 0 unspecified atom stereocenters. The van der Waals surface area contributed by atoms with Gasteiger partial charge in [-0.15, -0.1) is 0 Å². The number of hydrazine groups is 1. The van der Waals surface area contributed by atoms with Crippen LogP contribution in [0.5, 0.6) is 0 Å². The predicted molar refractivity (Wildman–Crippen MR) is 81.3 cm³/mol. The van der Waals surface area contributed by atoms with Gasteiger partial charge in [0.25, 0.3) is 0 Å². The molecular formula is C13H14Cl2N4. The number of nitrogens with zero attached hydrogens (tertiary/aromatic N) is 1. The van der Waals surface area contributed by atoms with Crippen LogP contribution in [0.4, 0.5) is 17.3 Å². The SMILES string of the molecule is Cc1ccc(C)c(Nc2nc(NN)c(Cl)cc2Cl)c1. The van der Waals surface area contributed by atoms with Crippen LogP contribution in [0.15, 0.2) is 24.3 Å². The van der Waals surface area contributed by atoms with Crippen molar-refractivity contribution < 1.29 is 0 Å². The summed E-state index contributed by atoms with van der Waals surface area (Å²) in [6, 6.07) is 7.70. The minimum Gasteiger partial charge on any atom is -0.339 e. The molecule has 2 aromatic rings. The van der Waals surface area contributed by atoms with Crippen molar-refractivity contribution in [3.05, 3.63) is 45.4 Å². The maximum atomic E-state index is 6.12. The van der Waals surface area contributed by atoms with Gasteiger partial charge in [0.05, 0.1) is 10.0 Å². The lowest BCUT2D eigenvalue weighted by Gasteiger charge is -2.13. The van der Waals surface area contributed by atoms with E-state index in [-0.39, 0.29) is 0 Å². The molecule has 0 saturated heterocycles. The van der Waals surface area contributed by atoms with Gasteiger partial charge >= 0.3 is 0 Å². The fourth-order valence-corrected chi connectivity index (χ4v) is 2.11. The van der Waals surface area contributed by atoms with Gasteiger partial charge in [-0.2, -0.15) is 0 Å². The zero-order valence-corrected chi connectivity index (χ0v) is 12.1. The van der Waals surface area contributed by atoms with Crippen LogP contribution in [0.25, 0.3) is 0 Å². The number of nitrogens with one attached hydrogen (secondary N) is 2. The number of anilines is 3. The van der Waals surface area contributed by atoms with E-state index >= 15 is 0 Å². The Bertz CT molecular complexity index is 614. The average Bonchev–Trinajstić information content (AvgIpc) is 2.37. The molecule has 4 N–H and O–H groups in total. The van der Waals surface area contributed by atoms with Crippen LogP contribution < -0.4 is 16.6 Å². The van der Waals surface area contributed by atoms with E-state index in [9.17, 15) is 0 Å². The van der Waals surface area contributed by atoms with Crippen molar-refractivity contribution in [2.45, 2.75) is 13.8 Å². The maximum Gasteiger partial charge on any atom is 0.161 e. The zero-order valence-electron chi connectivity index (χ0n) is 10.6. The summed E-state index contributed by atoms with van der Waals surface area (Å²) >= 11 is 12.1. The lowest BCUT2D eigenvalue weighted by molar-refractivity contribution is 1.22.